The highest BCUT2D eigenvalue weighted by Gasteiger charge is 2.17. The van der Waals surface area contributed by atoms with Crippen molar-refractivity contribution in [2.75, 3.05) is 20.3 Å². The van der Waals surface area contributed by atoms with E-state index in [9.17, 15) is 9.59 Å². The van der Waals surface area contributed by atoms with Gasteiger partial charge in [0.2, 0.25) is 0 Å². The van der Waals surface area contributed by atoms with Gasteiger partial charge in [0.25, 0.3) is 5.91 Å². The zero-order valence-corrected chi connectivity index (χ0v) is 16.0. The summed E-state index contributed by atoms with van der Waals surface area (Å²) in [5, 5.41) is 0.823. The molecule has 0 bridgehead atoms. The topological polar surface area (TPSA) is 69.0 Å². The Morgan fingerprint density at radius 3 is 2.61 bits per heavy atom. The molecule has 1 amide bonds. The van der Waals surface area contributed by atoms with E-state index in [1.165, 1.54) is 6.26 Å². The number of fused-ring (bicyclic) bond motifs is 1. The molecule has 0 unspecified atom stereocenters. The van der Waals surface area contributed by atoms with Crippen molar-refractivity contribution >= 4 is 22.8 Å². The Labute approximate surface area is 163 Å². The molecule has 0 fully saturated rings. The number of carbonyl (C=O) groups is 2. The van der Waals surface area contributed by atoms with Crippen LogP contribution >= 0.6 is 0 Å². The number of benzene rings is 2. The molecule has 0 atom stereocenters. The van der Waals surface area contributed by atoms with Gasteiger partial charge in [-0.2, -0.15) is 0 Å². The highest BCUT2D eigenvalue weighted by atomic mass is 16.5. The zero-order chi connectivity index (χ0) is 19.9. The second-order valence-electron chi connectivity index (χ2n) is 6.35. The maximum absolute atomic E-state index is 12.4. The van der Waals surface area contributed by atoms with Crippen molar-refractivity contribution in [1.82, 2.24) is 4.90 Å². The van der Waals surface area contributed by atoms with Crippen LogP contribution < -0.4 is 4.74 Å². The molecule has 0 saturated heterocycles. The first kappa shape index (κ1) is 19.5. The number of methoxy groups -OCH3 is 1. The molecule has 146 valence electrons. The van der Waals surface area contributed by atoms with E-state index in [0.717, 1.165) is 10.9 Å². The minimum Gasteiger partial charge on any atom is -0.497 e. The molecule has 28 heavy (non-hydrogen) atoms. The molecule has 2 aromatic carbocycles. The molecular weight excluding hydrogens is 358 g/mol. The molecule has 0 spiro atoms. The van der Waals surface area contributed by atoms with Crippen LogP contribution in [0.3, 0.4) is 0 Å². The van der Waals surface area contributed by atoms with Crippen molar-refractivity contribution in [2.24, 2.45) is 0 Å². The first-order valence-electron chi connectivity index (χ1n) is 9.12. The van der Waals surface area contributed by atoms with Crippen LogP contribution in [0.2, 0.25) is 0 Å². The van der Waals surface area contributed by atoms with Crippen LogP contribution in [0.1, 0.15) is 18.1 Å². The van der Waals surface area contributed by atoms with Crippen molar-refractivity contribution in [2.45, 2.75) is 19.9 Å². The third kappa shape index (κ3) is 4.71. The Balaban J connectivity index is 1.55. The Bertz CT molecular complexity index is 948. The lowest BCUT2D eigenvalue weighted by molar-refractivity contribution is -0.151. The van der Waals surface area contributed by atoms with Crippen LogP contribution in [0, 0.1) is 0 Å². The van der Waals surface area contributed by atoms with E-state index >= 15 is 0 Å². The molecule has 6 nitrogen and oxygen atoms in total. The zero-order valence-electron chi connectivity index (χ0n) is 16.0. The summed E-state index contributed by atoms with van der Waals surface area (Å²) >= 11 is 0. The van der Waals surface area contributed by atoms with Gasteiger partial charge in [0.05, 0.1) is 19.8 Å². The lowest BCUT2D eigenvalue weighted by atomic mass is 10.1. The Morgan fingerprint density at radius 2 is 1.89 bits per heavy atom. The van der Waals surface area contributed by atoms with Crippen LogP contribution in [0.25, 0.3) is 11.0 Å². The second-order valence-corrected chi connectivity index (χ2v) is 6.35. The van der Waals surface area contributed by atoms with Crippen LogP contribution in [0.4, 0.5) is 0 Å². The van der Waals surface area contributed by atoms with Crippen LogP contribution in [0.5, 0.6) is 5.75 Å². The van der Waals surface area contributed by atoms with E-state index in [1.54, 1.807) is 24.1 Å². The number of ether oxygens (including phenoxy) is 2. The number of nitrogens with zero attached hydrogens (tertiary/aromatic N) is 1. The fourth-order valence-electron chi connectivity index (χ4n) is 2.95. The van der Waals surface area contributed by atoms with Crippen molar-refractivity contribution in [1.29, 1.82) is 0 Å². The third-order valence-electron chi connectivity index (χ3n) is 4.50. The molecule has 0 radical (unpaired) electrons. The summed E-state index contributed by atoms with van der Waals surface area (Å²) in [5.41, 5.74) is 2.38. The van der Waals surface area contributed by atoms with Crippen molar-refractivity contribution in [3.8, 4) is 5.75 Å². The Morgan fingerprint density at radius 1 is 1.11 bits per heavy atom. The molecule has 1 aromatic heterocycles. The average Bonchev–Trinajstić information content (AvgIpc) is 3.12. The molecule has 0 N–H and O–H groups in total. The number of hydrogen-bond donors (Lipinski definition) is 0. The number of furan rings is 1. The molecule has 0 aliphatic rings. The Hall–Kier alpha value is -3.28. The molecule has 0 aliphatic carbocycles. The number of amides is 1. The van der Waals surface area contributed by atoms with E-state index < -0.39 is 5.97 Å². The Kier molecular flexibility index (Phi) is 6.32. The van der Waals surface area contributed by atoms with Gasteiger partial charge in [-0.15, -0.1) is 0 Å². The van der Waals surface area contributed by atoms with Crippen molar-refractivity contribution in [3.05, 3.63) is 65.9 Å². The van der Waals surface area contributed by atoms with Crippen LogP contribution in [0.15, 0.2) is 59.2 Å². The number of likely N-dealkylation sites (N-methyl/N-ethyl adjacent to an activating group) is 1. The summed E-state index contributed by atoms with van der Waals surface area (Å²) in [4.78, 5) is 26.2. The van der Waals surface area contributed by atoms with Gasteiger partial charge in [-0.25, -0.2) is 0 Å². The predicted octanol–water partition coefficient (Wildman–Crippen LogP) is 3.58. The number of esters is 1. The van der Waals surface area contributed by atoms with E-state index in [2.05, 4.69) is 0 Å². The van der Waals surface area contributed by atoms with Gasteiger partial charge in [-0.1, -0.05) is 30.3 Å². The first-order valence-corrected chi connectivity index (χ1v) is 9.12. The quantitative estimate of drug-likeness (QED) is 0.558. The number of carbonyl (C=O) groups excluding carboxylic acids is 2. The summed E-state index contributed by atoms with van der Waals surface area (Å²) in [6.07, 6.45) is 1.57. The SMILES string of the molecule is CCN(Cc1ccccc1)C(=O)COC(=O)Cc1coc2cc(OC)ccc12. The standard InChI is InChI=1S/C22H23NO5/c1-3-23(13-16-7-5-4-6-8-16)21(24)15-28-22(25)11-17-14-27-20-12-18(26-2)9-10-19(17)20/h4-10,12,14H,3,11,13,15H2,1-2H3. The largest absolute Gasteiger partial charge is 0.497 e. The molecular formula is C22H23NO5. The number of rotatable bonds is 8. The highest BCUT2D eigenvalue weighted by molar-refractivity contribution is 5.87. The number of hydrogen-bond acceptors (Lipinski definition) is 5. The molecule has 3 aromatic rings. The van der Waals surface area contributed by atoms with Gasteiger partial charge in [-0.05, 0) is 24.6 Å². The van der Waals surface area contributed by atoms with E-state index in [0.29, 0.717) is 30.0 Å². The summed E-state index contributed by atoms with van der Waals surface area (Å²) in [6, 6.07) is 15.1. The fraction of sp³-hybridized carbons (Fsp3) is 0.273. The molecule has 3 rings (SSSR count). The second kappa shape index (κ2) is 9.08. The average molecular weight is 381 g/mol. The van der Waals surface area contributed by atoms with Gasteiger partial charge in [0.15, 0.2) is 6.61 Å². The van der Waals surface area contributed by atoms with E-state index in [-0.39, 0.29) is 18.9 Å². The fourth-order valence-corrected chi connectivity index (χ4v) is 2.95. The predicted molar refractivity (Wildman–Crippen MR) is 105 cm³/mol. The maximum atomic E-state index is 12.4. The minimum atomic E-state index is -0.470. The van der Waals surface area contributed by atoms with Crippen molar-refractivity contribution in [3.63, 3.8) is 0 Å². The summed E-state index contributed by atoms with van der Waals surface area (Å²) in [5.74, 6) is -0.0104. The highest BCUT2D eigenvalue weighted by Crippen LogP contribution is 2.26. The summed E-state index contributed by atoms with van der Waals surface area (Å²) < 4.78 is 15.8. The first-order chi connectivity index (χ1) is 13.6. The van der Waals surface area contributed by atoms with E-state index in [4.69, 9.17) is 13.9 Å². The van der Waals surface area contributed by atoms with Crippen molar-refractivity contribution < 1.29 is 23.5 Å². The van der Waals surface area contributed by atoms with Crippen LogP contribution in [-0.4, -0.2) is 37.0 Å². The summed E-state index contributed by atoms with van der Waals surface area (Å²) in [6.45, 7) is 2.65. The lowest BCUT2D eigenvalue weighted by Crippen LogP contribution is -2.34. The maximum Gasteiger partial charge on any atom is 0.310 e. The van der Waals surface area contributed by atoms with Crippen LogP contribution in [-0.2, 0) is 27.3 Å². The minimum absolute atomic E-state index is 0.0391. The third-order valence-corrected chi connectivity index (χ3v) is 4.50. The summed E-state index contributed by atoms with van der Waals surface area (Å²) in [7, 11) is 1.58. The normalized spacial score (nSPS) is 10.6. The van der Waals surface area contributed by atoms with Gasteiger partial charge in [-0.3, -0.25) is 9.59 Å². The smallest absolute Gasteiger partial charge is 0.310 e. The monoisotopic (exact) mass is 381 g/mol. The molecule has 1 heterocycles. The van der Waals surface area contributed by atoms with E-state index in [1.807, 2.05) is 43.3 Å². The molecule has 6 heteroatoms. The lowest BCUT2D eigenvalue weighted by Gasteiger charge is -2.20. The van der Waals surface area contributed by atoms with Gasteiger partial charge in [0.1, 0.15) is 11.3 Å². The van der Waals surface area contributed by atoms with Gasteiger partial charge >= 0.3 is 5.97 Å². The molecule has 0 saturated carbocycles. The van der Waals surface area contributed by atoms with Gasteiger partial charge in [0, 0.05) is 30.1 Å². The molecule has 0 aliphatic heterocycles. The van der Waals surface area contributed by atoms with Gasteiger partial charge < -0.3 is 18.8 Å².